The van der Waals surface area contributed by atoms with Crippen LogP contribution >= 0.6 is 0 Å². The zero-order valence-corrected chi connectivity index (χ0v) is 9.59. The third-order valence-corrected chi connectivity index (χ3v) is 3.23. The van der Waals surface area contributed by atoms with Crippen molar-refractivity contribution in [3.63, 3.8) is 0 Å². The van der Waals surface area contributed by atoms with Gasteiger partial charge in [0.25, 0.3) is 0 Å². The van der Waals surface area contributed by atoms with Crippen LogP contribution in [0.2, 0.25) is 0 Å². The molecular formula is C13H12N2O3. The van der Waals surface area contributed by atoms with Crippen molar-refractivity contribution in [2.45, 2.75) is 18.9 Å². The first kappa shape index (κ1) is 10.8. The van der Waals surface area contributed by atoms with E-state index in [1.54, 1.807) is 18.2 Å². The molecule has 2 aromatic rings. The Balaban J connectivity index is 2.43. The molecule has 1 saturated carbocycles. The number of fused-ring (bicyclic) bond motifs is 1. The predicted molar refractivity (Wildman–Crippen MR) is 67.9 cm³/mol. The summed E-state index contributed by atoms with van der Waals surface area (Å²) in [5, 5.41) is 9.45. The van der Waals surface area contributed by atoms with Gasteiger partial charge in [-0.25, -0.2) is 4.79 Å². The number of aromatic nitrogens is 1. The van der Waals surface area contributed by atoms with Crippen LogP contribution in [0.5, 0.6) is 0 Å². The second-order valence-corrected chi connectivity index (χ2v) is 4.59. The van der Waals surface area contributed by atoms with Gasteiger partial charge in [-0.1, -0.05) is 0 Å². The summed E-state index contributed by atoms with van der Waals surface area (Å²) in [4.78, 5) is 23.2. The van der Waals surface area contributed by atoms with Crippen molar-refractivity contribution in [3.8, 4) is 0 Å². The van der Waals surface area contributed by atoms with E-state index in [0.29, 0.717) is 17.1 Å². The highest BCUT2D eigenvalue weighted by Crippen LogP contribution is 2.37. The monoisotopic (exact) mass is 244 g/mol. The Morgan fingerprint density at radius 3 is 2.72 bits per heavy atom. The molecule has 0 amide bonds. The van der Waals surface area contributed by atoms with Crippen molar-refractivity contribution in [2.24, 2.45) is 0 Å². The van der Waals surface area contributed by atoms with E-state index in [2.05, 4.69) is 0 Å². The summed E-state index contributed by atoms with van der Waals surface area (Å²) in [5.41, 5.74) is 6.21. The molecule has 0 atom stereocenters. The van der Waals surface area contributed by atoms with Gasteiger partial charge in [0, 0.05) is 23.3 Å². The number of anilines is 1. The second kappa shape index (κ2) is 3.60. The molecule has 1 heterocycles. The first-order chi connectivity index (χ1) is 8.58. The molecule has 0 saturated heterocycles. The lowest BCUT2D eigenvalue weighted by atomic mass is 10.1. The zero-order valence-electron chi connectivity index (χ0n) is 9.59. The second-order valence-electron chi connectivity index (χ2n) is 4.59. The molecule has 3 N–H and O–H groups in total. The van der Waals surface area contributed by atoms with E-state index >= 15 is 0 Å². The van der Waals surface area contributed by atoms with Gasteiger partial charge in [0.1, 0.15) is 5.56 Å². The van der Waals surface area contributed by atoms with Crippen LogP contribution in [0, 0.1) is 0 Å². The molecule has 1 aliphatic carbocycles. The highest BCUT2D eigenvalue weighted by atomic mass is 16.4. The Hall–Kier alpha value is -2.30. The smallest absolute Gasteiger partial charge is 0.341 e. The number of nitrogens with zero attached hydrogens (tertiary/aromatic N) is 1. The molecule has 1 aromatic heterocycles. The molecular weight excluding hydrogens is 232 g/mol. The molecule has 3 rings (SSSR count). The van der Waals surface area contributed by atoms with E-state index in [-0.39, 0.29) is 5.56 Å². The highest BCUT2D eigenvalue weighted by Gasteiger charge is 2.26. The maximum absolute atomic E-state index is 12.1. The fourth-order valence-electron chi connectivity index (χ4n) is 2.18. The van der Waals surface area contributed by atoms with E-state index in [1.165, 1.54) is 6.20 Å². The SMILES string of the molecule is Nc1ccc2c(c1)c(=O)c(C(=O)O)cn2C1CC1. The highest BCUT2D eigenvalue weighted by molar-refractivity contribution is 5.93. The Bertz CT molecular complexity index is 714. The van der Waals surface area contributed by atoms with Crippen LogP contribution in [0.25, 0.3) is 10.9 Å². The van der Waals surface area contributed by atoms with E-state index in [0.717, 1.165) is 18.4 Å². The lowest BCUT2D eigenvalue weighted by Crippen LogP contribution is -2.18. The average molecular weight is 244 g/mol. The van der Waals surface area contributed by atoms with Crippen molar-refractivity contribution in [1.29, 1.82) is 0 Å². The van der Waals surface area contributed by atoms with Gasteiger partial charge in [0.15, 0.2) is 0 Å². The summed E-state index contributed by atoms with van der Waals surface area (Å²) in [7, 11) is 0. The quantitative estimate of drug-likeness (QED) is 0.786. The number of nitrogens with two attached hydrogens (primary N) is 1. The first-order valence-electron chi connectivity index (χ1n) is 5.75. The van der Waals surface area contributed by atoms with Gasteiger partial charge in [-0.3, -0.25) is 4.79 Å². The molecule has 1 aromatic carbocycles. The van der Waals surface area contributed by atoms with Gasteiger partial charge < -0.3 is 15.4 Å². The Morgan fingerprint density at radius 1 is 1.39 bits per heavy atom. The van der Waals surface area contributed by atoms with Crippen LogP contribution in [0.4, 0.5) is 5.69 Å². The lowest BCUT2D eigenvalue weighted by molar-refractivity contribution is 0.0695. The fourth-order valence-corrected chi connectivity index (χ4v) is 2.18. The third-order valence-electron chi connectivity index (χ3n) is 3.23. The van der Waals surface area contributed by atoms with E-state index in [4.69, 9.17) is 10.8 Å². The van der Waals surface area contributed by atoms with Crippen LogP contribution < -0.4 is 11.2 Å². The first-order valence-corrected chi connectivity index (χ1v) is 5.75. The van der Waals surface area contributed by atoms with Crippen LogP contribution in [0.3, 0.4) is 0 Å². The minimum absolute atomic E-state index is 0.194. The Kier molecular flexibility index (Phi) is 2.16. The van der Waals surface area contributed by atoms with Gasteiger partial charge in [0.2, 0.25) is 5.43 Å². The number of aromatic carboxylic acids is 1. The summed E-state index contributed by atoms with van der Waals surface area (Å²) >= 11 is 0. The summed E-state index contributed by atoms with van der Waals surface area (Å²) in [6, 6.07) is 5.34. The van der Waals surface area contributed by atoms with Gasteiger partial charge >= 0.3 is 5.97 Å². The number of rotatable bonds is 2. The number of nitrogen functional groups attached to an aromatic ring is 1. The molecule has 1 aliphatic rings. The maximum atomic E-state index is 12.1. The topological polar surface area (TPSA) is 85.3 Å². The van der Waals surface area contributed by atoms with E-state index in [1.807, 2.05) is 4.57 Å². The number of carboxylic acids is 1. The summed E-state index contributed by atoms with van der Waals surface area (Å²) in [6.45, 7) is 0. The molecule has 0 spiro atoms. The number of hydrogen-bond donors (Lipinski definition) is 2. The van der Waals surface area contributed by atoms with E-state index in [9.17, 15) is 9.59 Å². The Morgan fingerprint density at radius 2 is 2.11 bits per heavy atom. The van der Waals surface area contributed by atoms with Gasteiger partial charge in [-0.05, 0) is 31.0 Å². The van der Waals surface area contributed by atoms with Crippen molar-refractivity contribution in [2.75, 3.05) is 5.73 Å². The molecule has 0 radical (unpaired) electrons. The number of benzene rings is 1. The molecule has 5 heteroatoms. The van der Waals surface area contributed by atoms with Gasteiger partial charge in [-0.2, -0.15) is 0 Å². The molecule has 0 aliphatic heterocycles. The van der Waals surface area contributed by atoms with Crippen LogP contribution in [-0.4, -0.2) is 15.6 Å². The molecule has 0 unspecified atom stereocenters. The number of hydrogen-bond acceptors (Lipinski definition) is 3. The fraction of sp³-hybridized carbons (Fsp3) is 0.231. The van der Waals surface area contributed by atoms with Crippen LogP contribution in [0.15, 0.2) is 29.2 Å². The summed E-state index contributed by atoms with van der Waals surface area (Å²) in [6.07, 6.45) is 3.48. The average Bonchev–Trinajstić information content (AvgIpc) is 3.14. The van der Waals surface area contributed by atoms with Crippen LogP contribution in [0.1, 0.15) is 29.2 Å². The van der Waals surface area contributed by atoms with Crippen LogP contribution in [-0.2, 0) is 0 Å². The van der Waals surface area contributed by atoms with Crippen molar-refractivity contribution >= 4 is 22.6 Å². The standard InChI is InChI=1S/C13H12N2O3/c14-7-1-4-11-9(5-7)12(16)10(13(17)18)6-15(11)8-2-3-8/h1,4-6,8H,2-3,14H2,(H,17,18). The molecule has 92 valence electrons. The number of carbonyl (C=O) groups is 1. The molecule has 18 heavy (non-hydrogen) atoms. The Labute approximate surface area is 102 Å². The minimum atomic E-state index is -1.20. The normalized spacial score (nSPS) is 14.9. The van der Waals surface area contributed by atoms with Crippen molar-refractivity contribution < 1.29 is 9.90 Å². The van der Waals surface area contributed by atoms with Gasteiger partial charge in [-0.15, -0.1) is 0 Å². The van der Waals surface area contributed by atoms with Crippen molar-refractivity contribution in [3.05, 3.63) is 40.2 Å². The van der Waals surface area contributed by atoms with E-state index < -0.39 is 11.4 Å². The lowest BCUT2D eigenvalue weighted by Gasteiger charge is -2.11. The maximum Gasteiger partial charge on any atom is 0.341 e. The molecule has 1 fully saturated rings. The van der Waals surface area contributed by atoms with Crippen molar-refractivity contribution in [1.82, 2.24) is 4.57 Å². The van der Waals surface area contributed by atoms with Gasteiger partial charge in [0.05, 0.1) is 5.52 Å². The summed E-state index contributed by atoms with van der Waals surface area (Å²) in [5.74, 6) is -1.20. The predicted octanol–water partition coefficient (Wildman–Crippen LogP) is 1.62. The minimum Gasteiger partial charge on any atom is -0.477 e. The number of pyridine rings is 1. The largest absolute Gasteiger partial charge is 0.477 e. The molecule has 0 bridgehead atoms. The zero-order chi connectivity index (χ0) is 12.9. The summed E-state index contributed by atoms with van der Waals surface area (Å²) < 4.78 is 1.87. The molecule has 5 nitrogen and oxygen atoms in total. The third kappa shape index (κ3) is 1.55. The number of carboxylic acid groups (broad SMARTS) is 1.